The van der Waals surface area contributed by atoms with E-state index in [2.05, 4.69) is 20.7 Å². The molecule has 4 N–H and O–H groups in total. The van der Waals surface area contributed by atoms with E-state index in [0.29, 0.717) is 5.82 Å². The lowest BCUT2D eigenvalue weighted by molar-refractivity contribution is 0.102. The summed E-state index contributed by atoms with van der Waals surface area (Å²) in [5.41, 5.74) is 5.55. The second-order valence-corrected chi connectivity index (χ2v) is 4.35. The average molecular weight is 271 g/mol. The van der Waals surface area contributed by atoms with Crippen LogP contribution in [-0.4, -0.2) is 15.9 Å². The molecule has 6 heteroatoms. The summed E-state index contributed by atoms with van der Waals surface area (Å²) in [6.45, 7) is 4.01. The van der Waals surface area contributed by atoms with E-state index in [1.807, 2.05) is 32.0 Å². The Kier molecular flexibility index (Phi) is 4.27. The maximum atomic E-state index is 12.2. The molecule has 0 saturated heterocycles. The van der Waals surface area contributed by atoms with Crippen molar-refractivity contribution in [1.82, 2.24) is 9.97 Å². The van der Waals surface area contributed by atoms with E-state index in [1.54, 1.807) is 0 Å². The summed E-state index contributed by atoms with van der Waals surface area (Å²) in [5.74, 6) is 5.33. The van der Waals surface area contributed by atoms with Crippen LogP contribution in [0.15, 0.2) is 30.6 Å². The fourth-order valence-electron chi connectivity index (χ4n) is 1.90. The van der Waals surface area contributed by atoms with Crippen molar-refractivity contribution >= 4 is 17.4 Å². The Balaban J connectivity index is 2.23. The molecular formula is C14H17N5O. The van der Waals surface area contributed by atoms with Crippen LogP contribution in [0.2, 0.25) is 0 Å². The van der Waals surface area contributed by atoms with Gasteiger partial charge in [-0.05, 0) is 24.5 Å². The second-order valence-electron chi connectivity index (χ2n) is 4.35. The van der Waals surface area contributed by atoms with Crippen molar-refractivity contribution in [3.8, 4) is 0 Å². The van der Waals surface area contributed by atoms with Gasteiger partial charge in [-0.1, -0.05) is 25.1 Å². The normalized spacial score (nSPS) is 10.2. The van der Waals surface area contributed by atoms with Crippen LogP contribution >= 0.6 is 0 Å². The summed E-state index contributed by atoms with van der Waals surface area (Å²) in [5, 5.41) is 2.89. The number of nitrogens with one attached hydrogen (secondary N) is 2. The minimum Gasteiger partial charge on any atom is -0.320 e. The molecule has 0 aliphatic heterocycles. The summed E-state index contributed by atoms with van der Waals surface area (Å²) in [6, 6.07) is 5.93. The first-order valence-electron chi connectivity index (χ1n) is 6.34. The molecule has 2 rings (SSSR count). The van der Waals surface area contributed by atoms with E-state index in [-0.39, 0.29) is 11.6 Å². The number of carbonyl (C=O) groups excluding carboxylic acids is 1. The van der Waals surface area contributed by atoms with E-state index in [4.69, 9.17) is 5.84 Å². The van der Waals surface area contributed by atoms with Gasteiger partial charge in [-0.25, -0.2) is 15.8 Å². The van der Waals surface area contributed by atoms with Gasteiger partial charge in [0.25, 0.3) is 5.91 Å². The van der Waals surface area contributed by atoms with Crippen LogP contribution in [0.25, 0.3) is 0 Å². The van der Waals surface area contributed by atoms with Gasteiger partial charge in [-0.3, -0.25) is 4.79 Å². The summed E-state index contributed by atoms with van der Waals surface area (Å²) in [6.07, 6.45) is 3.64. The lowest BCUT2D eigenvalue weighted by Crippen LogP contribution is -2.17. The van der Waals surface area contributed by atoms with Gasteiger partial charge in [0.05, 0.1) is 12.4 Å². The van der Waals surface area contributed by atoms with Gasteiger partial charge in [0, 0.05) is 5.69 Å². The van der Waals surface area contributed by atoms with Gasteiger partial charge in [0.2, 0.25) is 0 Å². The Morgan fingerprint density at radius 1 is 1.30 bits per heavy atom. The highest BCUT2D eigenvalue weighted by Gasteiger charge is 2.12. The Bertz CT molecular complexity index is 609. The van der Waals surface area contributed by atoms with E-state index in [1.165, 1.54) is 12.4 Å². The Hall–Kier alpha value is -2.47. The molecule has 0 unspecified atom stereocenters. The number of aryl methyl sites for hydroxylation is 2. The van der Waals surface area contributed by atoms with Crippen molar-refractivity contribution in [2.24, 2.45) is 5.84 Å². The second kappa shape index (κ2) is 6.12. The van der Waals surface area contributed by atoms with E-state index in [0.717, 1.165) is 23.2 Å². The predicted octanol–water partition coefficient (Wildman–Crippen LogP) is 1.89. The summed E-state index contributed by atoms with van der Waals surface area (Å²) >= 11 is 0. The number of hydrogen-bond acceptors (Lipinski definition) is 5. The fourth-order valence-corrected chi connectivity index (χ4v) is 1.90. The molecule has 0 radical (unpaired) electrons. The van der Waals surface area contributed by atoms with E-state index in [9.17, 15) is 4.79 Å². The summed E-state index contributed by atoms with van der Waals surface area (Å²) < 4.78 is 0. The number of carbonyl (C=O) groups is 1. The molecule has 0 bridgehead atoms. The predicted molar refractivity (Wildman–Crippen MR) is 78.4 cm³/mol. The molecular weight excluding hydrogens is 254 g/mol. The quantitative estimate of drug-likeness (QED) is 0.583. The number of nitrogens with zero attached hydrogens (tertiary/aromatic N) is 2. The highest BCUT2D eigenvalue weighted by molar-refractivity contribution is 6.03. The minimum atomic E-state index is -0.287. The van der Waals surface area contributed by atoms with Crippen molar-refractivity contribution in [2.75, 3.05) is 10.7 Å². The molecule has 0 aliphatic carbocycles. The Morgan fingerprint density at radius 2 is 2.10 bits per heavy atom. The van der Waals surface area contributed by atoms with Crippen molar-refractivity contribution in [3.63, 3.8) is 0 Å². The first-order chi connectivity index (χ1) is 9.65. The number of hydrogen-bond donors (Lipinski definition) is 3. The maximum Gasteiger partial charge on any atom is 0.275 e. The highest BCUT2D eigenvalue weighted by Crippen LogP contribution is 2.21. The number of benzene rings is 1. The highest BCUT2D eigenvalue weighted by atomic mass is 16.1. The van der Waals surface area contributed by atoms with Crippen molar-refractivity contribution in [1.29, 1.82) is 0 Å². The first-order valence-corrected chi connectivity index (χ1v) is 6.34. The van der Waals surface area contributed by atoms with Crippen LogP contribution in [0.4, 0.5) is 11.5 Å². The number of rotatable bonds is 4. The standard InChI is InChI=1S/C14H17N5O/c1-3-10-6-4-5-9(2)13(10)18-14(20)11-7-17-12(19-15)8-16-11/h4-8H,3,15H2,1-2H3,(H,17,19)(H,18,20). The van der Waals surface area contributed by atoms with Crippen LogP contribution in [0.3, 0.4) is 0 Å². The third-order valence-corrected chi connectivity index (χ3v) is 3.01. The monoisotopic (exact) mass is 271 g/mol. The summed E-state index contributed by atoms with van der Waals surface area (Å²) in [4.78, 5) is 20.1. The zero-order valence-corrected chi connectivity index (χ0v) is 11.5. The van der Waals surface area contributed by atoms with Crippen LogP contribution < -0.4 is 16.6 Å². The zero-order valence-electron chi connectivity index (χ0n) is 11.5. The molecule has 1 aromatic heterocycles. The van der Waals surface area contributed by atoms with Gasteiger partial charge >= 0.3 is 0 Å². The molecule has 2 aromatic rings. The van der Waals surface area contributed by atoms with Crippen LogP contribution in [0, 0.1) is 6.92 Å². The number of para-hydroxylation sites is 1. The number of nitrogens with two attached hydrogens (primary N) is 1. The summed E-state index contributed by atoms with van der Waals surface area (Å²) in [7, 11) is 0. The minimum absolute atomic E-state index is 0.245. The smallest absolute Gasteiger partial charge is 0.275 e. The van der Waals surface area contributed by atoms with Crippen molar-refractivity contribution in [2.45, 2.75) is 20.3 Å². The molecule has 0 atom stereocenters. The van der Waals surface area contributed by atoms with Crippen LogP contribution in [0.1, 0.15) is 28.5 Å². The lowest BCUT2D eigenvalue weighted by Gasteiger charge is -2.12. The molecule has 0 fully saturated rings. The molecule has 0 saturated carbocycles. The van der Waals surface area contributed by atoms with Crippen molar-refractivity contribution in [3.05, 3.63) is 47.4 Å². The van der Waals surface area contributed by atoms with Crippen LogP contribution in [-0.2, 0) is 6.42 Å². The maximum absolute atomic E-state index is 12.2. The van der Waals surface area contributed by atoms with Gasteiger partial charge in [0.15, 0.2) is 5.82 Å². The Labute approximate surface area is 117 Å². The van der Waals surface area contributed by atoms with Gasteiger partial charge < -0.3 is 10.7 Å². The Morgan fingerprint density at radius 3 is 2.70 bits per heavy atom. The number of nitrogen functional groups attached to an aromatic ring is 1. The van der Waals surface area contributed by atoms with E-state index < -0.39 is 0 Å². The number of hydrazine groups is 1. The number of anilines is 2. The zero-order chi connectivity index (χ0) is 14.5. The van der Waals surface area contributed by atoms with Gasteiger partial charge in [0.1, 0.15) is 5.69 Å². The van der Waals surface area contributed by atoms with Crippen molar-refractivity contribution < 1.29 is 4.79 Å². The van der Waals surface area contributed by atoms with E-state index >= 15 is 0 Å². The number of aromatic nitrogens is 2. The molecule has 1 heterocycles. The third-order valence-electron chi connectivity index (χ3n) is 3.01. The molecule has 20 heavy (non-hydrogen) atoms. The largest absolute Gasteiger partial charge is 0.320 e. The molecule has 1 aromatic carbocycles. The molecule has 6 nitrogen and oxygen atoms in total. The topological polar surface area (TPSA) is 92.9 Å². The third kappa shape index (κ3) is 2.92. The number of amides is 1. The molecule has 1 amide bonds. The molecule has 0 aliphatic rings. The fraction of sp³-hybridized carbons (Fsp3) is 0.214. The average Bonchev–Trinajstić information content (AvgIpc) is 2.49. The molecule has 0 spiro atoms. The van der Waals surface area contributed by atoms with Gasteiger partial charge in [-0.2, -0.15) is 0 Å². The first kappa shape index (κ1) is 14.0. The lowest BCUT2D eigenvalue weighted by atomic mass is 10.1. The van der Waals surface area contributed by atoms with Gasteiger partial charge in [-0.15, -0.1) is 0 Å². The van der Waals surface area contributed by atoms with Crippen LogP contribution in [0.5, 0.6) is 0 Å². The SMILES string of the molecule is CCc1cccc(C)c1NC(=O)c1cnc(NN)cn1. The molecule has 104 valence electrons.